The maximum atomic E-state index is 10.7. The van der Waals surface area contributed by atoms with Crippen LogP contribution in [0.5, 0.6) is 11.6 Å². The quantitative estimate of drug-likeness (QED) is 0.394. The molecule has 0 aliphatic carbocycles. The van der Waals surface area contributed by atoms with Gasteiger partial charge in [-0.2, -0.15) is 11.8 Å². The summed E-state index contributed by atoms with van der Waals surface area (Å²) >= 11 is 2.00. The largest absolute Gasteiger partial charge is 0.490 e. The van der Waals surface area contributed by atoms with Gasteiger partial charge < -0.3 is 14.6 Å². The molecule has 0 atom stereocenters. The monoisotopic (exact) mass is 477 g/mol. The summed E-state index contributed by atoms with van der Waals surface area (Å²) < 4.78 is 12.2. The first-order valence-corrected chi connectivity index (χ1v) is 12.9. The maximum absolute atomic E-state index is 10.7. The number of aryl methyl sites for hydroxylation is 3. The highest BCUT2D eigenvalue weighted by Gasteiger charge is 2.17. The van der Waals surface area contributed by atoms with Gasteiger partial charge in [0.05, 0.1) is 5.69 Å². The lowest BCUT2D eigenvalue weighted by Gasteiger charge is -2.23. The number of rotatable bonds is 9. The van der Waals surface area contributed by atoms with Gasteiger partial charge in [0.2, 0.25) is 5.88 Å². The molecule has 6 heteroatoms. The molecule has 0 saturated carbocycles. The number of carbonyl (C=O) groups is 1. The van der Waals surface area contributed by atoms with Gasteiger partial charge in [-0.1, -0.05) is 30.3 Å². The maximum Gasteiger partial charge on any atom is 0.303 e. The van der Waals surface area contributed by atoms with Gasteiger partial charge in [0, 0.05) is 18.1 Å². The molecular formula is C28H31NO4S. The molecule has 34 heavy (non-hydrogen) atoms. The summed E-state index contributed by atoms with van der Waals surface area (Å²) in [6, 6.07) is 17.9. The smallest absolute Gasteiger partial charge is 0.303 e. The number of aromatic nitrogens is 1. The number of aliphatic carboxylic acids is 1. The van der Waals surface area contributed by atoms with E-state index in [0.29, 0.717) is 25.0 Å². The third-order valence-corrected chi connectivity index (χ3v) is 7.04. The Bertz CT molecular complexity index is 1100. The first kappa shape index (κ1) is 24.1. The van der Waals surface area contributed by atoms with Crippen molar-refractivity contribution in [2.45, 2.75) is 52.2 Å². The normalized spacial score (nSPS) is 14.1. The second-order valence-corrected chi connectivity index (χ2v) is 9.95. The minimum absolute atomic E-state index is 0.137. The van der Waals surface area contributed by atoms with Crippen molar-refractivity contribution in [3.8, 4) is 22.9 Å². The van der Waals surface area contributed by atoms with Crippen LogP contribution < -0.4 is 9.47 Å². The number of nitrogens with zero attached hydrogens (tertiary/aromatic N) is 1. The van der Waals surface area contributed by atoms with E-state index in [-0.39, 0.29) is 6.42 Å². The molecule has 1 fully saturated rings. The van der Waals surface area contributed by atoms with Crippen LogP contribution in [0.25, 0.3) is 11.3 Å². The van der Waals surface area contributed by atoms with Crippen LogP contribution in [0.15, 0.2) is 54.6 Å². The van der Waals surface area contributed by atoms with Crippen molar-refractivity contribution in [2.75, 3.05) is 11.5 Å². The average Bonchev–Trinajstić information content (AvgIpc) is 2.82. The van der Waals surface area contributed by atoms with Crippen molar-refractivity contribution in [3.05, 3.63) is 76.9 Å². The molecule has 3 aromatic rings. The van der Waals surface area contributed by atoms with Crippen molar-refractivity contribution < 1.29 is 19.4 Å². The Morgan fingerprint density at radius 3 is 2.38 bits per heavy atom. The van der Waals surface area contributed by atoms with Gasteiger partial charge in [-0.3, -0.25) is 4.79 Å². The fourth-order valence-corrected chi connectivity index (χ4v) is 5.29. The van der Waals surface area contributed by atoms with Crippen LogP contribution in [-0.4, -0.2) is 33.7 Å². The van der Waals surface area contributed by atoms with Crippen LogP contribution in [0.1, 0.15) is 41.5 Å². The third-order valence-electron chi connectivity index (χ3n) is 5.99. The lowest BCUT2D eigenvalue weighted by molar-refractivity contribution is -0.136. The first-order valence-electron chi connectivity index (χ1n) is 11.7. The minimum atomic E-state index is -0.783. The number of hydrogen-bond donors (Lipinski definition) is 1. The molecule has 1 N–H and O–H groups in total. The zero-order valence-corrected chi connectivity index (χ0v) is 20.6. The van der Waals surface area contributed by atoms with E-state index in [4.69, 9.17) is 19.6 Å². The Hall–Kier alpha value is -2.99. The number of carboxylic acids is 1. The SMILES string of the molecule is Cc1cc(OC2CCSCC2)cc(C)c1-c1cccc(OCc2ccc(CCC(=O)O)cc2)n1. The van der Waals surface area contributed by atoms with Crippen LogP contribution >= 0.6 is 11.8 Å². The molecule has 1 aliphatic heterocycles. The molecule has 0 bridgehead atoms. The van der Waals surface area contributed by atoms with Crippen LogP contribution in [0.2, 0.25) is 0 Å². The molecule has 1 aliphatic rings. The Morgan fingerprint density at radius 2 is 1.71 bits per heavy atom. The second-order valence-electron chi connectivity index (χ2n) is 8.72. The zero-order valence-electron chi connectivity index (χ0n) is 19.8. The van der Waals surface area contributed by atoms with E-state index in [0.717, 1.165) is 52.1 Å². The van der Waals surface area contributed by atoms with Crippen LogP contribution in [0, 0.1) is 13.8 Å². The lowest BCUT2D eigenvalue weighted by atomic mass is 9.99. The molecular weight excluding hydrogens is 446 g/mol. The molecule has 1 aromatic heterocycles. The second kappa shape index (κ2) is 11.4. The van der Waals surface area contributed by atoms with Gasteiger partial charge in [-0.05, 0) is 85.1 Å². The predicted octanol–water partition coefficient (Wildman–Crippen LogP) is 6.24. The van der Waals surface area contributed by atoms with E-state index >= 15 is 0 Å². The van der Waals surface area contributed by atoms with Gasteiger partial charge in [-0.15, -0.1) is 0 Å². The van der Waals surface area contributed by atoms with Crippen molar-refractivity contribution in [1.82, 2.24) is 4.98 Å². The van der Waals surface area contributed by atoms with Gasteiger partial charge >= 0.3 is 5.97 Å². The summed E-state index contributed by atoms with van der Waals surface area (Å²) in [7, 11) is 0. The molecule has 1 saturated heterocycles. The minimum Gasteiger partial charge on any atom is -0.490 e. The molecule has 2 heterocycles. The summed E-state index contributed by atoms with van der Waals surface area (Å²) in [4.78, 5) is 15.5. The van der Waals surface area contributed by atoms with Crippen LogP contribution in [0.4, 0.5) is 0 Å². The van der Waals surface area contributed by atoms with Crippen LogP contribution in [0.3, 0.4) is 0 Å². The molecule has 4 rings (SSSR count). The Labute approximate surface area is 205 Å². The Kier molecular flexibility index (Phi) is 8.12. The van der Waals surface area contributed by atoms with E-state index in [1.54, 1.807) is 0 Å². The summed E-state index contributed by atoms with van der Waals surface area (Å²) in [5.41, 5.74) is 6.30. The molecule has 0 radical (unpaired) electrons. The number of ether oxygens (including phenoxy) is 2. The fourth-order valence-electron chi connectivity index (χ4n) is 4.23. The molecule has 5 nitrogen and oxygen atoms in total. The lowest BCUT2D eigenvalue weighted by Crippen LogP contribution is -2.22. The molecule has 0 spiro atoms. The molecule has 178 valence electrons. The third kappa shape index (κ3) is 6.54. The van der Waals surface area contributed by atoms with Gasteiger partial charge in [-0.25, -0.2) is 4.98 Å². The van der Waals surface area contributed by atoms with Crippen LogP contribution in [-0.2, 0) is 17.8 Å². The van der Waals surface area contributed by atoms with Gasteiger partial charge in [0.25, 0.3) is 0 Å². The summed E-state index contributed by atoms with van der Waals surface area (Å²) in [6.07, 6.45) is 3.19. The van der Waals surface area contributed by atoms with Crippen molar-refractivity contribution >= 4 is 17.7 Å². The van der Waals surface area contributed by atoms with E-state index in [9.17, 15) is 4.79 Å². The average molecular weight is 478 g/mol. The Morgan fingerprint density at radius 1 is 1.03 bits per heavy atom. The van der Waals surface area contributed by atoms with Gasteiger partial charge in [0.1, 0.15) is 18.5 Å². The highest BCUT2D eigenvalue weighted by molar-refractivity contribution is 7.99. The van der Waals surface area contributed by atoms with Crippen molar-refractivity contribution in [2.24, 2.45) is 0 Å². The van der Waals surface area contributed by atoms with Crippen molar-refractivity contribution in [3.63, 3.8) is 0 Å². The zero-order chi connectivity index (χ0) is 23.9. The number of carboxylic acid groups (broad SMARTS) is 1. The number of benzene rings is 2. The van der Waals surface area contributed by atoms with E-state index in [1.165, 1.54) is 11.5 Å². The topological polar surface area (TPSA) is 68.7 Å². The first-order chi connectivity index (χ1) is 16.5. The summed E-state index contributed by atoms with van der Waals surface area (Å²) in [5, 5.41) is 8.82. The fraction of sp³-hybridized carbons (Fsp3) is 0.357. The predicted molar refractivity (Wildman–Crippen MR) is 137 cm³/mol. The standard InChI is InChI=1S/C28H31NO4S/c1-19-16-24(33-23-12-14-34-15-13-23)17-20(2)28(19)25-4-3-5-26(29-25)32-18-22-8-6-21(7-9-22)10-11-27(30)31/h3-9,16-17,23H,10-15,18H2,1-2H3,(H,30,31). The van der Waals surface area contributed by atoms with E-state index in [1.807, 2.05) is 54.2 Å². The van der Waals surface area contributed by atoms with E-state index in [2.05, 4.69) is 26.0 Å². The molecule has 0 unspecified atom stereocenters. The number of pyridine rings is 1. The summed E-state index contributed by atoms with van der Waals surface area (Å²) in [5.74, 6) is 3.08. The Balaban J connectivity index is 1.42. The highest BCUT2D eigenvalue weighted by Crippen LogP contribution is 2.32. The summed E-state index contributed by atoms with van der Waals surface area (Å²) in [6.45, 7) is 4.61. The number of hydrogen-bond acceptors (Lipinski definition) is 5. The van der Waals surface area contributed by atoms with Crippen molar-refractivity contribution in [1.29, 1.82) is 0 Å². The molecule has 2 aromatic carbocycles. The van der Waals surface area contributed by atoms with E-state index < -0.39 is 5.97 Å². The van der Waals surface area contributed by atoms with Gasteiger partial charge in [0.15, 0.2) is 0 Å². The number of thioether (sulfide) groups is 1. The highest BCUT2D eigenvalue weighted by atomic mass is 32.2. The molecule has 0 amide bonds.